The van der Waals surface area contributed by atoms with Gasteiger partial charge in [0.05, 0.1) is 17.0 Å². The van der Waals surface area contributed by atoms with Gasteiger partial charge in [-0.3, -0.25) is 0 Å². The zero-order valence-corrected chi connectivity index (χ0v) is 17.9. The zero-order valence-electron chi connectivity index (χ0n) is 17.9. The number of alkyl halides is 3. The van der Waals surface area contributed by atoms with E-state index in [4.69, 9.17) is 4.74 Å². The maximum absolute atomic E-state index is 13.0. The predicted octanol–water partition coefficient (Wildman–Crippen LogP) is 7.27. The Labute approximate surface area is 180 Å². The highest BCUT2D eigenvalue weighted by Crippen LogP contribution is 2.39. The Morgan fingerprint density at radius 2 is 1.90 bits per heavy atom. The third kappa shape index (κ3) is 4.95. The van der Waals surface area contributed by atoms with Crippen molar-refractivity contribution >= 4 is 16.5 Å². The Bertz CT molecular complexity index is 1110. The van der Waals surface area contributed by atoms with Crippen LogP contribution in [0.25, 0.3) is 16.5 Å². The molecule has 1 aromatic heterocycles. The van der Waals surface area contributed by atoms with Gasteiger partial charge in [0, 0.05) is 17.8 Å². The van der Waals surface area contributed by atoms with E-state index in [1.54, 1.807) is 12.1 Å². The second kappa shape index (κ2) is 8.92. The van der Waals surface area contributed by atoms with Crippen molar-refractivity contribution in [1.82, 2.24) is 4.57 Å². The fraction of sp³-hybridized carbons (Fsp3) is 0.280. The van der Waals surface area contributed by atoms with Gasteiger partial charge in [-0.2, -0.15) is 0 Å². The molecule has 3 rings (SSSR count). The normalized spacial score (nSPS) is 12.6. The first-order valence-electron chi connectivity index (χ1n) is 10.1. The van der Waals surface area contributed by atoms with E-state index >= 15 is 0 Å². The molecule has 3 aromatic rings. The second-order valence-corrected chi connectivity index (χ2v) is 7.46. The number of hydrogen-bond acceptors (Lipinski definition) is 2. The molecule has 31 heavy (non-hydrogen) atoms. The minimum atomic E-state index is -4.79. The van der Waals surface area contributed by atoms with E-state index in [9.17, 15) is 13.2 Å². The number of nitrogens with zero attached hydrogens (tertiary/aromatic N) is 1. The summed E-state index contributed by atoms with van der Waals surface area (Å²) >= 11 is 0. The number of fused-ring (bicyclic) bond motifs is 1. The monoisotopic (exact) mass is 429 g/mol. The Morgan fingerprint density at radius 1 is 1.19 bits per heavy atom. The van der Waals surface area contributed by atoms with Gasteiger partial charge in [-0.15, -0.1) is 13.2 Å². The van der Waals surface area contributed by atoms with Crippen molar-refractivity contribution in [3.63, 3.8) is 0 Å². The van der Waals surface area contributed by atoms with E-state index < -0.39 is 6.36 Å². The zero-order chi connectivity index (χ0) is 22.8. The fourth-order valence-corrected chi connectivity index (χ4v) is 3.62. The number of rotatable bonds is 8. The van der Waals surface area contributed by atoms with Crippen molar-refractivity contribution in [2.75, 3.05) is 0 Å². The highest BCUT2D eigenvalue weighted by molar-refractivity contribution is 6.00. The topological polar surface area (TPSA) is 23.4 Å². The average Bonchev–Trinajstić information content (AvgIpc) is 2.99. The molecular weight excluding hydrogens is 403 g/mol. The maximum Gasteiger partial charge on any atom is 0.573 e. The lowest BCUT2D eigenvalue weighted by Crippen LogP contribution is -2.17. The summed E-state index contributed by atoms with van der Waals surface area (Å²) < 4.78 is 51.3. The number of aromatic nitrogens is 1. The van der Waals surface area contributed by atoms with Crippen LogP contribution in [0.5, 0.6) is 11.5 Å². The van der Waals surface area contributed by atoms with Gasteiger partial charge in [-0.05, 0) is 55.7 Å². The molecule has 0 aliphatic rings. The van der Waals surface area contributed by atoms with Gasteiger partial charge >= 0.3 is 6.36 Å². The second-order valence-electron chi connectivity index (χ2n) is 7.46. The fourth-order valence-electron chi connectivity index (χ4n) is 3.62. The Balaban J connectivity index is 2.12. The molecule has 3 nitrogen and oxygen atoms in total. The minimum Gasteiger partial charge on any atom is -0.491 e. The first-order chi connectivity index (χ1) is 14.6. The van der Waals surface area contributed by atoms with E-state index in [0.29, 0.717) is 28.6 Å². The molecular formula is C25H26F3NO2. The SMILES string of the molecule is C=CC(=C)c1c(C)n(Cc2cccc(OC(C)CC)c2)c2cccc(OC(F)(F)F)c12. The molecule has 164 valence electrons. The van der Waals surface area contributed by atoms with Crippen molar-refractivity contribution < 1.29 is 22.6 Å². The van der Waals surface area contributed by atoms with E-state index in [2.05, 4.69) is 24.8 Å². The molecule has 0 bridgehead atoms. The quantitative estimate of drug-likeness (QED) is 0.352. The van der Waals surface area contributed by atoms with Crippen LogP contribution in [-0.4, -0.2) is 17.0 Å². The lowest BCUT2D eigenvalue weighted by atomic mass is 10.0. The number of halogens is 3. The van der Waals surface area contributed by atoms with Gasteiger partial charge in [-0.1, -0.05) is 44.4 Å². The molecule has 0 saturated carbocycles. The predicted molar refractivity (Wildman–Crippen MR) is 119 cm³/mol. The van der Waals surface area contributed by atoms with Crippen LogP contribution in [0.15, 0.2) is 61.7 Å². The molecule has 0 aliphatic heterocycles. The molecule has 1 unspecified atom stereocenters. The number of allylic oxidation sites excluding steroid dienone is 2. The summed E-state index contributed by atoms with van der Waals surface area (Å²) in [7, 11) is 0. The third-order valence-electron chi connectivity index (χ3n) is 5.26. The largest absolute Gasteiger partial charge is 0.573 e. The number of hydrogen-bond donors (Lipinski definition) is 0. The van der Waals surface area contributed by atoms with E-state index in [1.807, 2.05) is 42.7 Å². The van der Waals surface area contributed by atoms with Crippen LogP contribution in [0.2, 0.25) is 0 Å². The first-order valence-corrected chi connectivity index (χ1v) is 10.1. The van der Waals surface area contributed by atoms with Crippen LogP contribution < -0.4 is 9.47 Å². The van der Waals surface area contributed by atoms with Crippen molar-refractivity contribution in [1.29, 1.82) is 0 Å². The highest BCUT2D eigenvalue weighted by atomic mass is 19.4. The van der Waals surface area contributed by atoms with Crippen LogP contribution >= 0.6 is 0 Å². The summed E-state index contributed by atoms with van der Waals surface area (Å²) in [5.41, 5.74) is 3.51. The number of benzene rings is 2. The molecule has 0 fully saturated rings. The Kier molecular flexibility index (Phi) is 6.48. The van der Waals surface area contributed by atoms with E-state index in [-0.39, 0.29) is 11.9 Å². The average molecular weight is 429 g/mol. The van der Waals surface area contributed by atoms with Crippen LogP contribution in [0.3, 0.4) is 0 Å². The summed E-state index contributed by atoms with van der Waals surface area (Å²) in [5, 5.41) is 0.370. The van der Waals surface area contributed by atoms with Gasteiger partial charge in [0.2, 0.25) is 0 Å². The Hall–Kier alpha value is -3.15. The Morgan fingerprint density at radius 3 is 2.55 bits per heavy atom. The first kappa shape index (κ1) is 22.5. The third-order valence-corrected chi connectivity index (χ3v) is 5.26. The minimum absolute atomic E-state index is 0.0917. The molecule has 6 heteroatoms. The summed E-state index contributed by atoms with van der Waals surface area (Å²) in [5.74, 6) is 0.511. The molecule has 2 aromatic carbocycles. The molecule has 0 aliphatic carbocycles. The van der Waals surface area contributed by atoms with Crippen molar-refractivity contribution in [3.8, 4) is 11.5 Å². The smallest absolute Gasteiger partial charge is 0.491 e. The summed E-state index contributed by atoms with van der Waals surface area (Å²) in [6.45, 7) is 14.1. The lowest BCUT2D eigenvalue weighted by Gasteiger charge is -2.14. The van der Waals surface area contributed by atoms with Crippen molar-refractivity contribution in [3.05, 3.63) is 78.5 Å². The van der Waals surface area contributed by atoms with Gasteiger partial charge in [0.15, 0.2) is 0 Å². The number of ether oxygens (including phenoxy) is 2. The van der Waals surface area contributed by atoms with Gasteiger partial charge < -0.3 is 14.0 Å². The standard InChI is InChI=1S/C25H26F3NO2/c1-6-16(3)23-18(5)29(15-19-10-8-11-20(14-19)30-17(4)7-2)21-12-9-13-22(24(21)23)31-25(26,27)28/h6,8-14,17H,1,3,7,15H2,2,4-5H3. The molecule has 0 amide bonds. The molecule has 1 atom stereocenters. The lowest BCUT2D eigenvalue weighted by molar-refractivity contribution is -0.274. The molecule has 0 saturated heterocycles. The van der Waals surface area contributed by atoms with Crippen molar-refractivity contribution in [2.45, 2.75) is 46.2 Å². The van der Waals surface area contributed by atoms with Gasteiger partial charge in [0.25, 0.3) is 0 Å². The highest BCUT2D eigenvalue weighted by Gasteiger charge is 2.33. The van der Waals surface area contributed by atoms with Crippen LogP contribution in [-0.2, 0) is 6.54 Å². The summed E-state index contributed by atoms with van der Waals surface area (Å²) in [6.07, 6.45) is -2.27. The van der Waals surface area contributed by atoms with Crippen LogP contribution in [0.1, 0.15) is 37.1 Å². The summed E-state index contributed by atoms with van der Waals surface area (Å²) in [4.78, 5) is 0. The molecule has 0 N–H and O–H groups in total. The van der Waals surface area contributed by atoms with E-state index in [1.165, 1.54) is 12.1 Å². The molecule has 0 spiro atoms. The van der Waals surface area contributed by atoms with Crippen molar-refractivity contribution in [2.24, 2.45) is 0 Å². The van der Waals surface area contributed by atoms with Gasteiger partial charge in [0.1, 0.15) is 11.5 Å². The van der Waals surface area contributed by atoms with Crippen LogP contribution in [0, 0.1) is 6.92 Å². The van der Waals surface area contributed by atoms with Gasteiger partial charge in [-0.25, -0.2) is 0 Å². The van der Waals surface area contributed by atoms with Crippen LogP contribution in [0.4, 0.5) is 13.2 Å². The van der Waals surface area contributed by atoms with E-state index in [0.717, 1.165) is 23.4 Å². The molecule has 0 radical (unpaired) electrons. The maximum atomic E-state index is 13.0. The summed E-state index contributed by atoms with van der Waals surface area (Å²) in [6, 6.07) is 12.4. The molecule has 1 heterocycles.